The number of benzene rings is 3. The van der Waals surface area contributed by atoms with Crippen LogP contribution in [-0.2, 0) is 0 Å². The summed E-state index contributed by atoms with van der Waals surface area (Å²) < 4.78 is 0. The van der Waals surface area contributed by atoms with E-state index >= 15 is 0 Å². The van der Waals surface area contributed by atoms with Crippen molar-refractivity contribution in [2.45, 2.75) is 13.8 Å². The van der Waals surface area contributed by atoms with Gasteiger partial charge in [0, 0.05) is 11.4 Å². The van der Waals surface area contributed by atoms with Crippen LogP contribution in [0.5, 0.6) is 0 Å². The highest BCUT2D eigenvalue weighted by molar-refractivity contribution is 6.00. The molecule has 0 atom stereocenters. The number of rotatable bonds is 3. The molecule has 0 aliphatic heterocycles. The maximum Gasteiger partial charge on any atom is 0.323 e. The maximum absolute atomic E-state index is 12.2. The number of nitrogens with one attached hydrogen (secondary N) is 2. The summed E-state index contributed by atoms with van der Waals surface area (Å²) in [6.45, 7) is 4.03. The third-order valence-corrected chi connectivity index (χ3v) is 4.10. The van der Waals surface area contributed by atoms with Crippen molar-refractivity contribution in [3.63, 3.8) is 0 Å². The van der Waals surface area contributed by atoms with Crippen molar-refractivity contribution in [2.75, 3.05) is 10.6 Å². The van der Waals surface area contributed by atoms with Crippen molar-refractivity contribution in [1.82, 2.24) is 0 Å². The molecular weight excluding hydrogens is 296 g/mol. The number of carbonyl (C=O) groups is 1. The molecule has 0 aromatic heterocycles. The topological polar surface area (TPSA) is 41.1 Å². The third-order valence-electron chi connectivity index (χ3n) is 4.10. The van der Waals surface area contributed by atoms with Gasteiger partial charge in [-0.3, -0.25) is 0 Å². The van der Waals surface area contributed by atoms with Gasteiger partial charge in [0.25, 0.3) is 0 Å². The van der Waals surface area contributed by atoms with Gasteiger partial charge in [-0.25, -0.2) is 4.79 Å². The van der Waals surface area contributed by atoms with E-state index in [9.17, 15) is 4.79 Å². The molecule has 3 heteroatoms. The van der Waals surface area contributed by atoms with Crippen LogP contribution >= 0.6 is 0 Å². The van der Waals surface area contributed by atoms with Gasteiger partial charge in [-0.1, -0.05) is 54.6 Å². The van der Waals surface area contributed by atoms with Crippen molar-refractivity contribution >= 4 is 17.4 Å². The van der Waals surface area contributed by atoms with Gasteiger partial charge in [-0.05, 0) is 54.3 Å². The van der Waals surface area contributed by atoms with Crippen LogP contribution in [0.4, 0.5) is 16.2 Å². The number of hydrogen-bond acceptors (Lipinski definition) is 1. The van der Waals surface area contributed by atoms with Gasteiger partial charge in [-0.2, -0.15) is 0 Å². The summed E-state index contributed by atoms with van der Waals surface area (Å²) in [5.74, 6) is 0. The molecule has 0 aliphatic rings. The van der Waals surface area contributed by atoms with Crippen LogP contribution in [0.1, 0.15) is 11.1 Å². The van der Waals surface area contributed by atoms with Crippen molar-refractivity contribution in [2.24, 2.45) is 0 Å². The summed E-state index contributed by atoms with van der Waals surface area (Å²) in [4.78, 5) is 12.2. The molecule has 2 amide bonds. The summed E-state index contributed by atoms with van der Waals surface area (Å²) in [5.41, 5.74) is 6.10. The maximum atomic E-state index is 12.2. The Morgan fingerprint density at radius 1 is 0.708 bits per heavy atom. The molecule has 24 heavy (non-hydrogen) atoms. The van der Waals surface area contributed by atoms with E-state index in [4.69, 9.17) is 0 Å². The molecule has 0 unspecified atom stereocenters. The monoisotopic (exact) mass is 316 g/mol. The lowest BCUT2D eigenvalue weighted by Crippen LogP contribution is -2.20. The highest BCUT2D eigenvalue weighted by atomic mass is 16.2. The molecule has 0 fully saturated rings. The Balaban J connectivity index is 1.68. The zero-order chi connectivity index (χ0) is 16.9. The average Bonchev–Trinajstić information content (AvgIpc) is 2.60. The highest BCUT2D eigenvalue weighted by Crippen LogP contribution is 2.22. The second kappa shape index (κ2) is 7.01. The Kier molecular flexibility index (Phi) is 4.62. The Bertz CT molecular complexity index is 839. The van der Waals surface area contributed by atoms with Gasteiger partial charge in [0.15, 0.2) is 0 Å². The van der Waals surface area contributed by atoms with E-state index in [1.54, 1.807) is 0 Å². The molecular formula is C21H20N2O. The fourth-order valence-corrected chi connectivity index (χ4v) is 2.55. The first kappa shape index (κ1) is 15.8. The molecule has 0 radical (unpaired) electrons. The predicted molar refractivity (Wildman–Crippen MR) is 100 cm³/mol. The molecule has 3 rings (SSSR count). The van der Waals surface area contributed by atoms with E-state index in [1.807, 2.05) is 74.5 Å². The molecule has 2 N–H and O–H groups in total. The van der Waals surface area contributed by atoms with Gasteiger partial charge in [0.05, 0.1) is 0 Å². The van der Waals surface area contributed by atoms with Crippen LogP contribution in [-0.4, -0.2) is 6.03 Å². The number of urea groups is 1. The van der Waals surface area contributed by atoms with Gasteiger partial charge in [0.1, 0.15) is 0 Å². The Labute approximate surface area is 142 Å². The number of hydrogen-bond donors (Lipinski definition) is 2. The first-order valence-corrected chi connectivity index (χ1v) is 7.93. The standard InChI is InChI=1S/C21H20N2O/c1-15-7-6-10-20(16(15)2)23-21(24)22-19-13-11-18(12-14-19)17-8-4-3-5-9-17/h3-14H,1-2H3,(H2,22,23,24). The number of anilines is 2. The summed E-state index contributed by atoms with van der Waals surface area (Å²) in [6.07, 6.45) is 0. The second-order valence-corrected chi connectivity index (χ2v) is 5.77. The summed E-state index contributed by atoms with van der Waals surface area (Å²) >= 11 is 0. The highest BCUT2D eigenvalue weighted by Gasteiger charge is 2.06. The Morgan fingerprint density at radius 2 is 1.38 bits per heavy atom. The zero-order valence-corrected chi connectivity index (χ0v) is 13.8. The molecule has 0 spiro atoms. The number of aryl methyl sites for hydroxylation is 1. The van der Waals surface area contributed by atoms with Gasteiger partial charge < -0.3 is 10.6 Å². The number of amides is 2. The third kappa shape index (κ3) is 3.63. The lowest BCUT2D eigenvalue weighted by atomic mass is 10.1. The minimum absolute atomic E-state index is 0.240. The second-order valence-electron chi connectivity index (χ2n) is 5.77. The van der Waals surface area contributed by atoms with E-state index < -0.39 is 0 Å². The lowest BCUT2D eigenvalue weighted by Gasteiger charge is -2.12. The fourth-order valence-electron chi connectivity index (χ4n) is 2.55. The van der Waals surface area contributed by atoms with Crippen LogP contribution in [0.15, 0.2) is 72.8 Å². The summed E-state index contributed by atoms with van der Waals surface area (Å²) in [7, 11) is 0. The molecule has 0 saturated heterocycles. The van der Waals surface area contributed by atoms with Crippen molar-refractivity contribution < 1.29 is 4.79 Å². The van der Waals surface area contributed by atoms with E-state index in [0.717, 1.165) is 33.6 Å². The van der Waals surface area contributed by atoms with Crippen molar-refractivity contribution in [3.05, 3.63) is 83.9 Å². The zero-order valence-electron chi connectivity index (χ0n) is 13.8. The van der Waals surface area contributed by atoms with Crippen LogP contribution < -0.4 is 10.6 Å². The van der Waals surface area contributed by atoms with Gasteiger partial charge >= 0.3 is 6.03 Å². The van der Waals surface area contributed by atoms with Gasteiger partial charge in [0.2, 0.25) is 0 Å². The fraction of sp³-hybridized carbons (Fsp3) is 0.0952. The SMILES string of the molecule is Cc1cccc(NC(=O)Nc2ccc(-c3ccccc3)cc2)c1C. The predicted octanol–water partition coefficient (Wildman–Crippen LogP) is 5.61. The smallest absolute Gasteiger partial charge is 0.308 e. The molecule has 0 heterocycles. The van der Waals surface area contributed by atoms with E-state index in [2.05, 4.69) is 22.8 Å². The molecule has 0 aliphatic carbocycles. The van der Waals surface area contributed by atoms with E-state index in [0.29, 0.717) is 0 Å². The van der Waals surface area contributed by atoms with Gasteiger partial charge in [-0.15, -0.1) is 0 Å². The normalized spacial score (nSPS) is 10.2. The summed E-state index contributed by atoms with van der Waals surface area (Å²) in [5, 5.41) is 5.76. The largest absolute Gasteiger partial charge is 0.323 e. The van der Waals surface area contributed by atoms with Crippen molar-refractivity contribution in [1.29, 1.82) is 0 Å². The van der Waals surface area contributed by atoms with Crippen LogP contribution in [0.3, 0.4) is 0 Å². The van der Waals surface area contributed by atoms with E-state index in [-0.39, 0.29) is 6.03 Å². The molecule has 0 saturated carbocycles. The summed E-state index contributed by atoms with van der Waals surface area (Å²) in [6, 6.07) is 23.6. The average molecular weight is 316 g/mol. The quantitative estimate of drug-likeness (QED) is 0.647. The molecule has 3 aromatic carbocycles. The molecule has 0 bridgehead atoms. The number of carbonyl (C=O) groups excluding carboxylic acids is 1. The van der Waals surface area contributed by atoms with Crippen LogP contribution in [0, 0.1) is 13.8 Å². The van der Waals surface area contributed by atoms with Crippen molar-refractivity contribution in [3.8, 4) is 11.1 Å². The molecule has 3 nitrogen and oxygen atoms in total. The first-order chi connectivity index (χ1) is 11.6. The van der Waals surface area contributed by atoms with Crippen LogP contribution in [0.2, 0.25) is 0 Å². The van der Waals surface area contributed by atoms with E-state index in [1.165, 1.54) is 0 Å². The Hall–Kier alpha value is -3.07. The minimum atomic E-state index is -0.240. The lowest BCUT2D eigenvalue weighted by molar-refractivity contribution is 0.262. The first-order valence-electron chi connectivity index (χ1n) is 7.93. The molecule has 120 valence electrons. The Morgan fingerprint density at radius 3 is 2.08 bits per heavy atom. The molecule has 3 aromatic rings. The minimum Gasteiger partial charge on any atom is -0.308 e. The van der Waals surface area contributed by atoms with Crippen LogP contribution in [0.25, 0.3) is 11.1 Å².